The Morgan fingerprint density at radius 1 is 1.50 bits per heavy atom. The van der Waals surface area contributed by atoms with Gasteiger partial charge in [-0.05, 0) is 24.1 Å². The van der Waals surface area contributed by atoms with Gasteiger partial charge in [-0.1, -0.05) is 12.1 Å². The molecule has 1 aromatic rings. The minimum Gasteiger partial charge on any atom is -0.389 e. The lowest BCUT2D eigenvalue weighted by Gasteiger charge is -2.14. The fraction of sp³-hybridized carbons (Fsp3) is 0.500. The van der Waals surface area contributed by atoms with Crippen LogP contribution in [0.5, 0.6) is 0 Å². The number of ether oxygens (including phenoxy) is 1. The topological polar surface area (TPSA) is 41.5 Å². The zero-order valence-corrected chi connectivity index (χ0v) is 9.24. The smallest absolute Gasteiger partial charge is 0.126 e. The first-order chi connectivity index (χ1) is 7.66. The number of aliphatic hydroxyl groups excluding tert-OH is 1. The third kappa shape index (κ3) is 2.58. The van der Waals surface area contributed by atoms with Crippen LogP contribution < -0.4 is 5.32 Å². The van der Waals surface area contributed by atoms with E-state index in [9.17, 15) is 9.50 Å². The van der Waals surface area contributed by atoms with Crippen molar-refractivity contribution in [1.82, 2.24) is 5.32 Å². The number of nitrogens with one attached hydrogen (secondary N) is 1. The van der Waals surface area contributed by atoms with Gasteiger partial charge >= 0.3 is 0 Å². The third-order valence-corrected chi connectivity index (χ3v) is 2.84. The summed E-state index contributed by atoms with van der Waals surface area (Å²) in [6.07, 6.45) is -0.443. The van der Waals surface area contributed by atoms with Crippen LogP contribution in [0.3, 0.4) is 0 Å². The molecule has 0 spiro atoms. The Hall–Kier alpha value is -0.970. The van der Waals surface area contributed by atoms with Gasteiger partial charge in [0.25, 0.3) is 0 Å². The van der Waals surface area contributed by atoms with Crippen molar-refractivity contribution >= 4 is 0 Å². The molecule has 0 amide bonds. The molecule has 3 nitrogen and oxygen atoms in total. The van der Waals surface area contributed by atoms with Crippen molar-refractivity contribution in [2.45, 2.75) is 25.6 Å². The highest BCUT2D eigenvalue weighted by Gasteiger charge is 2.25. The maximum Gasteiger partial charge on any atom is 0.126 e. The van der Waals surface area contributed by atoms with E-state index < -0.39 is 6.10 Å². The minimum atomic E-state index is -0.443. The predicted molar refractivity (Wildman–Crippen MR) is 58.6 cm³/mol. The Labute approximate surface area is 94.2 Å². The van der Waals surface area contributed by atoms with Crippen LogP contribution in [0.4, 0.5) is 4.39 Å². The van der Waals surface area contributed by atoms with E-state index in [1.54, 1.807) is 13.0 Å². The molecule has 1 aromatic carbocycles. The monoisotopic (exact) mass is 225 g/mol. The van der Waals surface area contributed by atoms with Crippen LogP contribution >= 0.6 is 0 Å². The Balaban J connectivity index is 1.91. The van der Waals surface area contributed by atoms with Crippen molar-refractivity contribution in [3.05, 3.63) is 35.1 Å². The molecule has 88 valence electrons. The van der Waals surface area contributed by atoms with Crippen molar-refractivity contribution in [3.8, 4) is 0 Å². The van der Waals surface area contributed by atoms with E-state index in [2.05, 4.69) is 5.32 Å². The van der Waals surface area contributed by atoms with Crippen LogP contribution in [0.2, 0.25) is 0 Å². The molecule has 4 heteroatoms. The summed E-state index contributed by atoms with van der Waals surface area (Å²) in [5.41, 5.74) is 1.65. The van der Waals surface area contributed by atoms with Gasteiger partial charge < -0.3 is 15.2 Å². The number of hydrogen-bond acceptors (Lipinski definition) is 3. The molecule has 0 bridgehead atoms. The van der Waals surface area contributed by atoms with E-state index in [4.69, 9.17) is 4.74 Å². The second kappa shape index (κ2) is 4.91. The van der Waals surface area contributed by atoms with Crippen molar-refractivity contribution in [2.24, 2.45) is 0 Å². The molecule has 1 fully saturated rings. The van der Waals surface area contributed by atoms with E-state index in [0.29, 0.717) is 25.3 Å². The largest absolute Gasteiger partial charge is 0.389 e. The van der Waals surface area contributed by atoms with E-state index in [-0.39, 0.29) is 11.9 Å². The highest BCUT2D eigenvalue weighted by Crippen LogP contribution is 2.11. The molecule has 1 heterocycles. The molecule has 0 aromatic heterocycles. The SMILES string of the molecule is Cc1cc(CN[C@@H]2COC[C@H]2O)ccc1F. The van der Waals surface area contributed by atoms with Crippen molar-refractivity contribution in [1.29, 1.82) is 0 Å². The Kier molecular flexibility index (Phi) is 3.53. The van der Waals surface area contributed by atoms with Gasteiger partial charge in [0.05, 0.1) is 25.4 Å². The van der Waals surface area contributed by atoms with E-state index in [0.717, 1.165) is 5.56 Å². The average Bonchev–Trinajstić information content (AvgIpc) is 2.66. The molecule has 0 saturated carbocycles. The average molecular weight is 225 g/mol. The van der Waals surface area contributed by atoms with Crippen molar-refractivity contribution in [2.75, 3.05) is 13.2 Å². The van der Waals surface area contributed by atoms with E-state index in [1.807, 2.05) is 6.07 Å². The zero-order chi connectivity index (χ0) is 11.5. The molecule has 0 unspecified atom stereocenters. The second-order valence-electron chi connectivity index (χ2n) is 4.18. The maximum atomic E-state index is 13.0. The van der Waals surface area contributed by atoms with E-state index in [1.165, 1.54) is 6.07 Å². The molecular weight excluding hydrogens is 209 g/mol. The molecular formula is C12H16FNO2. The summed E-state index contributed by atoms with van der Waals surface area (Å²) in [7, 11) is 0. The van der Waals surface area contributed by atoms with Gasteiger partial charge in [-0.15, -0.1) is 0 Å². The molecule has 2 rings (SSSR count). The number of rotatable bonds is 3. The number of hydrogen-bond donors (Lipinski definition) is 2. The van der Waals surface area contributed by atoms with Crippen molar-refractivity contribution in [3.63, 3.8) is 0 Å². The molecule has 2 atom stereocenters. The van der Waals surface area contributed by atoms with Gasteiger partial charge in [0.1, 0.15) is 5.82 Å². The fourth-order valence-corrected chi connectivity index (χ4v) is 1.80. The number of aryl methyl sites for hydroxylation is 1. The van der Waals surface area contributed by atoms with Crippen LogP contribution in [-0.2, 0) is 11.3 Å². The highest BCUT2D eigenvalue weighted by atomic mass is 19.1. The van der Waals surface area contributed by atoms with Crippen LogP contribution in [-0.4, -0.2) is 30.5 Å². The Morgan fingerprint density at radius 2 is 2.31 bits per heavy atom. The normalized spacial score (nSPS) is 24.9. The minimum absolute atomic E-state index is 0.0228. The van der Waals surface area contributed by atoms with Gasteiger partial charge in [-0.3, -0.25) is 0 Å². The van der Waals surface area contributed by atoms with Gasteiger partial charge in [-0.2, -0.15) is 0 Å². The molecule has 0 radical (unpaired) electrons. The van der Waals surface area contributed by atoms with Gasteiger partial charge in [-0.25, -0.2) is 4.39 Å². The number of benzene rings is 1. The second-order valence-corrected chi connectivity index (χ2v) is 4.18. The van der Waals surface area contributed by atoms with Crippen LogP contribution in [0, 0.1) is 12.7 Å². The van der Waals surface area contributed by atoms with E-state index >= 15 is 0 Å². The Bertz CT molecular complexity index is 370. The summed E-state index contributed by atoms with van der Waals surface area (Å²) in [4.78, 5) is 0. The molecule has 1 aliphatic heterocycles. The first-order valence-corrected chi connectivity index (χ1v) is 5.41. The summed E-state index contributed by atoms with van der Waals surface area (Å²) >= 11 is 0. The van der Waals surface area contributed by atoms with Gasteiger partial charge in [0.2, 0.25) is 0 Å². The first-order valence-electron chi connectivity index (χ1n) is 5.41. The van der Waals surface area contributed by atoms with Gasteiger partial charge in [0.15, 0.2) is 0 Å². The lowest BCUT2D eigenvalue weighted by Crippen LogP contribution is -2.38. The highest BCUT2D eigenvalue weighted by molar-refractivity contribution is 5.23. The molecule has 16 heavy (non-hydrogen) atoms. The quantitative estimate of drug-likeness (QED) is 0.806. The summed E-state index contributed by atoms with van der Waals surface area (Å²) in [6, 6.07) is 5.00. The summed E-state index contributed by atoms with van der Waals surface area (Å²) in [5.74, 6) is -0.187. The van der Waals surface area contributed by atoms with Crippen LogP contribution in [0.1, 0.15) is 11.1 Å². The third-order valence-electron chi connectivity index (χ3n) is 2.84. The molecule has 0 aliphatic carbocycles. The fourth-order valence-electron chi connectivity index (χ4n) is 1.80. The maximum absolute atomic E-state index is 13.0. The Morgan fingerprint density at radius 3 is 2.94 bits per heavy atom. The lowest BCUT2D eigenvalue weighted by molar-refractivity contribution is 0.122. The predicted octanol–water partition coefficient (Wildman–Crippen LogP) is 0.983. The van der Waals surface area contributed by atoms with Gasteiger partial charge in [0, 0.05) is 6.54 Å². The standard InChI is InChI=1S/C12H16FNO2/c1-8-4-9(2-3-10(8)13)5-14-11-6-16-7-12(11)15/h2-4,11-12,14-15H,5-7H2,1H3/t11-,12-/m1/s1. The van der Waals surface area contributed by atoms with Crippen molar-refractivity contribution < 1.29 is 14.2 Å². The van der Waals surface area contributed by atoms with Crippen LogP contribution in [0.25, 0.3) is 0 Å². The number of aliphatic hydroxyl groups is 1. The zero-order valence-electron chi connectivity index (χ0n) is 9.24. The number of halogens is 1. The molecule has 2 N–H and O–H groups in total. The van der Waals surface area contributed by atoms with Crippen LogP contribution in [0.15, 0.2) is 18.2 Å². The summed E-state index contributed by atoms with van der Waals surface area (Å²) < 4.78 is 18.1. The summed E-state index contributed by atoms with van der Waals surface area (Å²) in [5, 5.41) is 12.7. The molecule has 1 saturated heterocycles. The first kappa shape index (κ1) is 11.5. The summed E-state index contributed by atoms with van der Waals surface area (Å²) in [6.45, 7) is 3.28. The molecule has 1 aliphatic rings. The lowest BCUT2D eigenvalue weighted by atomic mass is 10.1.